The molecule has 7 nitrogen and oxygen atoms in total. The van der Waals surface area contributed by atoms with Crippen molar-refractivity contribution in [2.75, 3.05) is 33.8 Å². The summed E-state index contributed by atoms with van der Waals surface area (Å²) in [7, 11) is -0.562. The van der Waals surface area contributed by atoms with Crippen molar-refractivity contribution in [3.8, 4) is 5.75 Å². The molecule has 0 spiro atoms. The zero-order valence-electron chi connectivity index (χ0n) is 15.7. The summed E-state index contributed by atoms with van der Waals surface area (Å²) < 4.78 is 31.4. The number of carbonyl (C=O) groups excluding carboxylic acids is 1. The van der Waals surface area contributed by atoms with Crippen LogP contribution in [0.2, 0.25) is 0 Å². The molecule has 2 aromatic rings. The Bertz CT molecular complexity index is 919. The van der Waals surface area contributed by atoms with Crippen molar-refractivity contribution >= 4 is 28.3 Å². The lowest BCUT2D eigenvalue weighted by Crippen LogP contribution is -2.48. The van der Waals surface area contributed by atoms with Gasteiger partial charge in [0.05, 0.1) is 18.0 Å². The second-order valence-corrected chi connectivity index (χ2v) is 8.08. The van der Waals surface area contributed by atoms with E-state index in [1.54, 1.807) is 24.1 Å². The lowest BCUT2D eigenvalue weighted by Gasteiger charge is -2.37. The first-order chi connectivity index (χ1) is 13.0. The first kappa shape index (κ1) is 22.2. The summed E-state index contributed by atoms with van der Waals surface area (Å²) >= 11 is 0. The van der Waals surface area contributed by atoms with Crippen molar-refractivity contribution < 1.29 is 17.9 Å². The molecule has 1 fully saturated rings. The Morgan fingerprint density at radius 2 is 1.86 bits per heavy atom. The molecular formula is C19H24ClN3O4S. The second kappa shape index (κ2) is 9.38. The van der Waals surface area contributed by atoms with Crippen LogP contribution in [0.1, 0.15) is 22.0 Å². The van der Waals surface area contributed by atoms with E-state index >= 15 is 0 Å². The molecule has 28 heavy (non-hydrogen) atoms. The number of rotatable bonds is 5. The minimum Gasteiger partial charge on any atom is -0.496 e. The van der Waals surface area contributed by atoms with Gasteiger partial charge in [-0.3, -0.25) is 4.79 Å². The zero-order chi connectivity index (χ0) is 19.4. The fourth-order valence-corrected chi connectivity index (χ4v) is 3.96. The van der Waals surface area contributed by atoms with E-state index in [4.69, 9.17) is 4.74 Å². The molecule has 2 aromatic carbocycles. The molecule has 1 heterocycles. The number of hydrogen-bond acceptors (Lipinski definition) is 5. The number of benzene rings is 2. The molecule has 152 valence electrons. The van der Waals surface area contributed by atoms with Gasteiger partial charge in [0.1, 0.15) is 5.75 Å². The van der Waals surface area contributed by atoms with Crippen molar-refractivity contribution in [3.05, 3.63) is 59.7 Å². The smallest absolute Gasteiger partial charge is 0.254 e. The van der Waals surface area contributed by atoms with Gasteiger partial charge in [0.25, 0.3) is 5.91 Å². The van der Waals surface area contributed by atoms with E-state index in [1.165, 1.54) is 19.2 Å². The van der Waals surface area contributed by atoms with Gasteiger partial charge in [0, 0.05) is 30.8 Å². The van der Waals surface area contributed by atoms with Crippen LogP contribution in [0.4, 0.5) is 0 Å². The van der Waals surface area contributed by atoms with Crippen LogP contribution in [-0.4, -0.2) is 53.0 Å². The molecule has 2 N–H and O–H groups in total. The minimum absolute atomic E-state index is 0. The molecule has 1 atom stereocenters. The maximum Gasteiger partial charge on any atom is 0.254 e. The second-order valence-electron chi connectivity index (χ2n) is 6.19. The zero-order valence-corrected chi connectivity index (χ0v) is 17.3. The van der Waals surface area contributed by atoms with E-state index in [0.717, 1.165) is 11.3 Å². The molecule has 1 aliphatic rings. The summed E-state index contributed by atoms with van der Waals surface area (Å²) in [6, 6.07) is 13.5. The molecule has 1 aliphatic heterocycles. The summed E-state index contributed by atoms with van der Waals surface area (Å²) in [6.45, 7) is 1.88. The highest BCUT2D eigenvalue weighted by atomic mass is 35.5. The Balaban J connectivity index is 0.00000280. The quantitative estimate of drug-likeness (QED) is 0.762. The molecule has 0 aromatic heterocycles. The molecule has 1 unspecified atom stereocenters. The number of hydrogen-bond donors (Lipinski definition) is 2. The topological polar surface area (TPSA) is 87.7 Å². The molecule has 0 bridgehead atoms. The number of carbonyl (C=O) groups is 1. The van der Waals surface area contributed by atoms with E-state index in [2.05, 4.69) is 10.0 Å². The molecule has 3 rings (SSSR count). The molecule has 0 saturated carbocycles. The van der Waals surface area contributed by atoms with E-state index in [9.17, 15) is 13.2 Å². The molecular weight excluding hydrogens is 402 g/mol. The first-order valence-corrected chi connectivity index (χ1v) is 10.1. The van der Waals surface area contributed by atoms with Crippen molar-refractivity contribution in [2.45, 2.75) is 10.9 Å². The average molecular weight is 426 g/mol. The SMILES string of the molecule is CNS(=O)(=O)c1ccc(C(=O)N2CCNCC2c2ccccc2OC)cc1.Cl. The third kappa shape index (κ3) is 4.47. The predicted octanol–water partition coefficient (Wildman–Crippen LogP) is 1.81. The Morgan fingerprint density at radius 1 is 1.18 bits per heavy atom. The standard InChI is InChI=1S/C19H23N3O4S.ClH/c1-20-27(24,25)15-9-7-14(8-10-15)19(23)22-12-11-21-13-17(22)16-5-3-4-6-18(16)26-2;/h3-10,17,20-21H,11-13H2,1-2H3;1H. The number of sulfonamides is 1. The summed E-state index contributed by atoms with van der Waals surface area (Å²) in [5.41, 5.74) is 1.39. The normalized spacial score (nSPS) is 16.9. The highest BCUT2D eigenvalue weighted by Gasteiger charge is 2.30. The Labute approximate surface area is 171 Å². The van der Waals surface area contributed by atoms with Crippen LogP contribution in [0.5, 0.6) is 5.75 Å². The maximum absolute atomic E-state index is 13.1. The van der Waals surface area contributed by atoms with E-state index < -0.39 is 10.0 Å². The van der Waals surface area contributed by atoms with Gasteiger partial charge in [-0.1, -0.05) is 18.2 Å². The minimum atomic E-state index is -3.53. The van der Waals surface area contributed by atoms with Crippen LogP contribution in [-0.2, 0) is 10.0 Å². The van der Waals surface area contributed by atoms with E-state index in [-0.39, 0.29) is 29.3 Å². The van der Waals surface area contributed by atoms with Crippen molar-refractivity contribution in [2.24, 2.45) is 0 Å². The fourth-order valence-electron chi connectivity index (χ4n) is 3.23. The number of para-hydroxylation sites is 1. The summed E-state index contributed by atoms with van der Waals surface area (Å²) in [6.07, 6.45) is 0. The van der Waals surface area contributed by atoms with Crippen molar-refractivity contribution in [3.63, 3.8) is 0 Å². The van der Waals surface area contributed by atoms with Gasteiger partial charge in [0.15, 0.2) is 0 Å². The molecule has 9 heteroatoms. The van der Waals surface area contributed by atoms with Crippen LogP contribution < -0.4 is 14.8 Å². The molecule has 0 aliphatic carbocycles. The summed E-state index contributed by atoms with van der Waals surface area (Å²) in [5, 5.41) is 3.32. The average Bonchev–Trinajstić information content (AvgIpc) is 2.73. The van der Waals surface area contributed by atoms with Crippen LogP contribution in [0.25, 0.3) is 0 Å². The Kier molecular flexibility index (Phi) is 7.42. The van der Waals surface area contributed by atoms with Crippen LogP contribution in [0.15, 0.2) is 53.4 Å². The monoisotopic (exact) mass is 425 g/mol. The maximum atomic E-state index is 13.1. The van der Waals surface area contributed by atoms with Gasteiger partial charge in [-0.15, -0.1) is 12.4 Å². The fraction of sp³-hybridized carbons (Fsp3) is 0.316. The van der Waals surface area contributed by atoms with E-state index in [0.29, 0.717) is 25.2 Å². The number of halogens is 1. The first-order valence-electron chi connectivity index (χ1n) is 8.66. The largest absolute Gasteiger partial charge is 0.496 e. The molecule has 0 radical (unpaired) electrons. The lowest BCUT2D eigenvalue weighted by molar-refractivity contribution is 0.0631. The van der Waals surface area contributed by atoms with Gasteiger partial charge < -0.3 is 15.0 Å². The number of methoxy groups -OCH3 is 1. The predicted molar refractivity (Wildman–Crippen MR) is 110 cm³/mol. The highest BCUT2D eigenvalue weighted by molar-refractivity contribution is 7.89. The number of nitrogens with one attached hydrogen (secondary N) is 2. The number of ether oxygens (including phenoxy) is 1. The van der Waals surface area contributed by atoms with Gasteiger partial charge in [0.2, 0.25) is 10.0 Å². The highest BCUT2D eigenvalue weighted by Crippen LogP contribution is 2.31. The van der Waals surface area contributed by atoms with Gasteiger partial charge in [-0.05, 0) is 37.4 Å². The third-order valence-corrected chi connectivity index (χ3v) is 6.11. The van der Waals surface area contributed by atoms with Gasteiger partial charge in [-0.2, -0.15) is 0 Å². The number of piperazine rings is 1. The number of nitrogens with zero attached hydrogens (tertiary/aromatic N) is 1. The van der Waals surface area contributed by atoms with E-state index in [1.807, 2.05) is 24.3 Å². The summed E-state index contributed by atoms with van der Waals surface area (Å²) in [5.74, 6) is 0.597. The molecule has 1 amide bonds. The van der Waals surface area contributed by atoms with Crippen LogP contribution in [0, 0.1) is 0 Å². The Morgan fingerprint density at radius 3 is 2.50 bits per heavy atom. The van der Waals surface area contributed by atoms with Crippen molar-refractivity contribution in [1.82, 2.24) is 14.9 Å². The van der Waals surface area contributed by atoms with Crippen LogP contribution >= 0.6 is 12.4 Å². The lowest BCUT2D eigenvalue weighted by atomic mass is 10.0. The third-order valence-electron chi connectivity index (χ3n) is 4.68. The summed E-state index contributed by atoms with van der Waals surface area (Å²) in [4.78, 5) is 15.0. The van der Waals surface area contributed by atoms with Crippen molar-refractivity contribution in [1.29, 1.82) is 0 Å². The van der Waals surface area contributed by atoms with Gasteiger partial charge in [-0.25, -0.2) is 13.1 Å². The van der Waals surface area contributed by atoms with Gasteiger partial charge >= 0.3 is 0 Å². The molecule has 1 saturated heterocycles. The Hall–Kier alpha value is -2.13. The van der Waals surface area contributed by atoms with Crippen LogP contribution in [0.3, 0.4) is 0 Å². The number of amides is 1.